The van der Waals surface area contributed by atoms with Gasteiger partial charge in [-0.1, -0.05) is 37.3 Å². The van der Waals surface area contributed by atoms with Crippen LogP contribution in [0.3, 0.4) is 0 Å². The zero-order valence-corrected chi connectivity index (χ0v) is 20.0. The van der Waals surface area contributed by atoms with Crippen LogP contribution >= 0.6 is 0 Å². The molecule has 0 amide bonds. The molecule has 0 bridgehead atoms. The van der Waals surface area contributed by atoms with E-state index < -0.39 is 8.32 Å². The summed E-state index contributed by atoms with van der Waals surface area (Å²) in [4.78, 5) is 23.3. The number of hydrogen-bond acceptors (Lipinski definition) is 4. The second kappa shape index (κ2) is 13.7. The Morgan fingerprint density at radius 1 is 1.07 bits per heavy atom. The maximum Gasteiger partial charge on any atom is 0.305 e. The highest BCUT2D eigenvalue weighted by Gasteiger charge is 2.37. The smallest absolute Gasteiger partial charge is 0.305 e. The average molecular weight is 421 g/mol. The van der Waals surface area contributed by atoms with Crippen LogP contribution < -0.4 is 0 Å². The van der Waals surface area contributed by atoms with E-state index in [9.17, 15) is 9.59 Å². The monoisotopic (exact) mass is 420 g/mol. The molecule has 0 spiro atoms. The fraction of sp³-hybridized carbons (Fsp3) is 0.667. The van der Waals surface area contributed by atoms with Crippen LogP contribution in [0.25, 0.3) is 0 Å². The van der Waals surface area contributed by atoms with Crippen LogP contribution in [0.2, 0.25) is 19.6 Å². The van der Waals surface area contributed by atoms with Crippen molar-refractivity contribution in [2.45, 2.75) is 84.0 Å². The third-order valence-corrected chi connectivity index (χ3v) is 6.13. The Kier molecular flexibility index (Phi) is 12.1. The van der Waals surface area contributed by atoms with Crippen LogP contribution in [-0.2, 0) is 18.8 Å². The summed E-state index contributed by atoms with van der Waals surface area (Å²) in [7, 11) is -0.187. The molecule has 1 aliphatic rings. The van der Waals surface area contributed by atoms with Gasteiger partial charge in [-0.15, -0.1) is 0 Å². The number of carbonyl (C=O) groups excluding carboxylic acids is 2. The average Bonchev–Trinajstić information content (AvgIpc) is 3.02. The summed E-state index contributed by atoms with van der Waals surface area (Å²) in [6.45, 7) is 8.78. The number of unbranched alkanes of at least 4 members (excludes halogenated alkanes) is 1. The molecule has 3 atom stereocenters. The highest BCUT2D eigenvalue weighted by Crippen LogP contribution is 2.39. The van der Waals surface area contributed by atoms with Gasteiger partial charge in [-0.2, -0.15) is 0 Å². The molecule has 5 heteroatoms. The third kappa shape index (κ3) is 11.3. The van der Waals surface area contributed by atoms with E-state index in [0.717, 1.165) is 38.5 Å². The molecule has 0 N–H and O–H groups in total. The van der Waals surface area contributed by atoms with Crippen LogP contribution in [0, 0.1) is 11.8 Å². The number of rotatable bonds is 13. The summed E-state index contributed by atoms with van der Waals surface area (Å²) in [5, 5.41) is 0. The molecule has 1 fully saturated rings. The number of carbonyl (C=O) groups is 2. The van der Waals surface area contributed by atoms with E-state index in [0.29, 0.717) is 24.7 Å². The van der Waals surface area contributed by atoms with Crippen molar-refractivity contribution in [3.63, 3.8) is 0 Å². The van der Waals surface area contributed by atoms with Crippen LogP contribution in [0.15, 0.2) is 36.5 Å². The van der Waals surface area contributed by atoms with E-state index in [1.165, 1.54) is 7.11 Å². The van der Waals surface area contributed by atoms with E-state index in [2.05, 4.69) is 49.5 Å². The largest absolute Gasteiger partial charge is 0.469 e. The highest BCUT2D eigenvalue weighted by atomic mass is 28.4. The van der Waals surface area contributed by atoms with Crippen molar-refractivity contribution in [3.8, 4) is 0 Å². The summed E-state index contributed by atoms with van der Waals surface area (Å²) in [6.07, 6.45) is 19.2. The minimum absolute atomic E-state index is 0.151. The van der Waals surface area contributed by atoms with Gasteiger partial charge in [0.15, 0.2) is 14.1 Å². The number of ether oxygens (including phenoxy) is 1. The predicted octanol–water partition coefficient (Wildman–Crippen LogP) is 6.00. The van der Waals surface area contributed by atoms with Gasteiger partial charge in [-0.05, 0) is 76.1 Å². The molecule has 0 aromatic heterocycles. The predicted molar refractivity (Wildman–Crippen MR) is 122 cm³/mol. The van der Waals surface area contributed by atoms with Gasteiger partial charge >= 0.3 is 5.97 Å². The Morgan fingerprint density at radius 2 is 1.83 bits per heavy atom. The Hall–Kier alpha value is -1.46. The Bertz CT molecular complexity index is 586. The molecule has 1 saturated carbocycles. The molecular weight excluding hydrogens is 380 g/mol. The van der Waals surface area contributed by atoms with Crippen molar-refractivity contribution in [2.75, 3.05) is 7.11 Å². The molecule has 1 aliphatic carbocycles. The quantitative estimate of drug-likeness (QED) is 0.120. The van der Waals surface area contributed by atoms with Crippen molar-refractivity contribution in [3.05, 3.63) is 36.5 Å². The molecular formula is C24H40O4Si. The molecule has 0 aromatic carbocycles. The fourth-order valence-electron chi connectivity index (χ4n) is 3.73. The second-order valence-corrected chi connectivity index (χ2v) is 13.2. The van der Waals surface area contributed by atoms with Crippen molar-refractivity contribution >= 4 is 20.1 Å². The molecule has 4 nitrogen and oxygen atoms in total. The molecule has 0 aliphatic heterocycles. The minimum Gasteiger partial charge on any atom is -0.469 e. The summed E-state index contributed by atoms with van der Waals surface area (Å²) in [5.74, 6) is 0.812. The summed E-state index contributed by atoms with van der Waals surface area (Å²) < 4.78 is 11.1. The first-order valence-electron chi connectivity index (χ1n) is 11.0. The number of esters is 1. The highest BCUT2D eigenvalue weighted by molar-refractivity contribution is 6.69. The number of ketones is 1. The SMILES string of the molecule is CC/C=C\CC(=O)/C=C/[C@H]1CC[C@H](O[Si](C)(C)C)[C@@H]1C/C=C\CCCC(=O)OC. The van der Waals surface area contributed by atoms with Gasteiger partial charge in [0.25, 0.3) is 0 Å². The van der Waals surface area contributed by atoms with E-state index in [1.807, 2.05) is 12.2 Å². The van der Waals surface area contributed by atoms with E-state index in [-0.39, 0.29) is 17.9 Å². The molecule has 164 valence electrons. The third-order valence-electron chi connectivity index (χ3n) is 5.12. The normalized spacial score (nSPS) is 22.9. The lowest BCUT2D eigenvalue weighted by Gasteiger charge is -2.29. The Balaban J connectivity index is 2.65. The van der Waals surface area contributed by atoms with Gasteiger partial charge in [-0.25, -0.2) is 0 Å². The molecule has 0 aromatic rings. The van der Waals surface area contributed by atoms with Crippen molar-refractivity contribution in [1.29, 1.82) is 0 Å². The van der Waals surface area contributed by atoms with Crippen molar-refractivity contribution < 1.29 is 18.8 Å². The first kappa shape index (κ1) is 25.6. The lowest BCUT2D eigenvalue weighted by atomic mass is 9.90. The van der Waals surface area contributed by atoms with Gasteiger partial charge in [0.2, 0.25) is 0 Å². The summed E-state index contributed by atoms with van der Waals surface area (Å²) >= 11 is 0. The van der Waals surface area contributed by atoms with E-state index >= 15 is 0 Å². The Morgan fingerprint density at radius 3 is 2.48 bits per heavy atom. The van der Waals surface area contributed by atoms with E-state index in [4.69, 9.17) is 4.43 Å². The number of allylic oxidation sites excluding steroid dienone is 6. The van der Waals surface area contributed by atoms with Gasteiger partial charge < -0.3 is 9.16 Å². The van der Waals surface area contributed by atoms with Gasteiger partial charge in [0.05, 0.1) is 7.11 Å². The van der Waals surface area contributed by atoms with Gasteiger partial charge in [0, 0.05) is 18.9 Å². The van der Waals surface area contributed by atoms with Gasteiger partial charge in [-0.3, -0.25) is 9.59 Å². The molecule has 1 rings (SSSR count). The fourth-order valence-corrected chi connectivity index (χ4v) is 4.93. The Labute approximate surface area is 178 Å². The first-order valence-corrected chi connectivity index (χ1v) is 14.4. The number of hydrogen-bond donors (Lipinski definition) is 0. The number of methoxy groups -OCH3 is 1. The molecule has 0 heterocycles. The minimum atomic E-state index is -1.61. The molecule has 0 radical (unpaired) electrons. The standard InChI is InChI=1S/C24H40O4Si/c1-6-7-10-13-21(25)18-16-20-17-19-23(28-29(3,4)5)22(20)14-11-8-9-12-15-24(26)27-2/h7-8,10-11,16,18,20,22-23H,6,9,12-15,17,19H2,1-5H3/b10-7-,11-8-,18-16+/t20-,22+,23-/m0/s1. The zero-order chi connectivity index (χ0) is 21.7. The van der Waals surface area contributed by atoms with Crippen LogP contribution in [0.5, 0.6) is 0 Å². The molecule has 0 unspecified atom stereocenters. The first-order chi connectivity index (χ1) is 13.8. The lowest BCUT2D eigenvalue weighted by molar-refractivity contribution is -0.140. The van der Waals surface area contributed by atoms with Crippen LogP contribution in [-0.4, -0.2) is 33.3 Å². The van der Waals surface area contributed by atoms with Crippen LogP contribution in [0.4, 0.5) is 0 Å². The topological polar surface area (TPSA) is 52.6 Å². The maximum absolute atomic E-state index is 12.1. The lowest BCUT2D eigenvalue weighted by Crippen LogP contribution is -2.34. The van der Waals surface area contributed by atoms with Crippen molar-refractivity contribution in [2.24, 2.45) is 11.8 Å². The van der Waals surface area contributed by atoms with Gasteiger partial charge in [0.1, 0.15) is 0 Å². The zero-order valence-electron chi connectivity index (χ0n) is 19.0. The molecule has 0 saturated heterocycles. The summed E-state index contributed by atoms with van der Waals surface area (Å²) in [5.41, 5.74) is 0. The van der Waals surface area contributed by atoms with E-state index in [1.54, 1.807) is 6.08 Å². The summed E-state index contributed by atoms with van der Waals surface area (Å²) in [6, 6.07) is 0. The van der Waals surface area contributed by atoms with Crippen LogP contribution in [0.1, 0.15) is 58.3 Å². The molecule has 29 heavy (non-hydrogen) atoms. The second-order valence-electron chi connectivity index (χ2n) is 8.76. The maximum atomic E-state index is 12.1. The van der Waals surface area contributed by atoms with Crippen molar-refractivity contribution in [1.82, 2.24) is 0 Å².